The number of aryl methyl sites for hydroxylation is 1. The van der Waals surface area contributed by atoms with E-state index in [4.69, 9.17) is 22.1 Å². The molecule has 2 N–H and O–H groups in total. The van der Waals surface area contributed by atoms with E-state index in [-0.39, 0.29) is 27.6 Å². The average Bonchev–Trinajstić information content (AvgIpc) is 2.56. The summed E-state index contributed by atoms with van der Waals surface area (Å²) in [5.41, 5.74) is 6.47. The zero-order valence-electron chi connectivity index (χ0n) is 13.1. The van der Waals surface area contributed by atoms with Crippen molar-refractivity contribution < 1.29 is 27.8 Å². The normalized spacial score (nSPS) is 10.6. The van der Waals surface area contributed by atoms with Crippen molar-refractivity contribution in [2.75, 3.05) is 12.3 Å². The Bertz CT molecular complexity index is 811. The van der Waals surface area contributed by atoms with Crippen LogP contribution in [0.2, 0.25) is 5.02 Å². The van der Waals surface area contributed by atoms with Crippen molar-refractivity contribution >= 4 is 29.0 Å². The van der Waals surface area contributed by atoms with Gasteiger partial charge in [0, 0.05) is 0 Å². The molecular weight excluding hydrogens is 356 g/mol. The average molecular weight is 370 g/mol. The molecule has 0 fully saturated rings. The lowest BCUT2D eigenvalue weighted by Crippen LogP contribution is -2.16. The van der Waals surface area contributed by atoms with Gasteiger partial charge in [-0.15, -0.1) is 0 Å². The highest BCUT2D eigenvalue weighted by molar-refractivity contribution is 6.33. The highest BCUT2D eigenvalue weighted by Gasteiger charge is 2.18. The molecule has 25 heavy (non-hydrogen) atoms. The Labute approximate surface area is 147 Å². The van der Waals surface area contributed by atoms with E-state index >= 15 is 0 Å². The van der Waals surface area contributed by atoms with Gasteiger partial charge in [0.05, 0.1) is 21.8 Å². The number of ether oxygens (including phenoxy) is 2. The van der Waals surface area contributed by atoms with Gasteiger partial charge in [0.2, 0.25) is 5.78 Å². The molecule has 0 radical (unpaired) electrons. The number of ketones is 1. The third-order valence-electron chi connectivity index (χ3n) is 3.22. The number of alkyl halides is 2. The van der Waals surface area contributed by atoms with E-state index in [2.05, 4.69) is 4.74 Å². The Hall–Kier alpha value is -2.67. The molecule has 2 rings (SSSR count). The maximum absolute atomic E-state index is 12.4. The number of hydrogen-bond donors (Lipinski definition) is 1. The molecule has 0 heterocycles. The molecular formula is C17H14ClF2NO4. The molecule has 8 heteroatoms. The topological polar surface area (TPSA) is 78.6 Å². The van der Waals surface area contributed by atoms with E-state index in [1.54, 1.807) is 6.92 Å². The summed E-state index contributed by atoms with van der Waals surface area (Å²) in [6, 6.07) is 8.29. The molecule has 0 bridgehead atoms. The van der Waals surface area contributed by atoms with Crippen molar-refractivity contribution in [3.8, 4) is 5.75 Å². The molecule has 0 aliphatic carbocycles. The number of Topliss-reactive ketones (excluding diaryl/α,β-unsaturated/α-hetero) is 1. The molecule has 2 aromatic rings. The van der Waals surface area contributed by atoms with Gasteiger partial charge in [0.25, 0.3) is 0 Å². The number of benzene rings is 2. The van der Waals surface area contributed by atoms with Crippen LogP contribution in [0.25, 0.3) is 0 Å². The molecule has 132 valence electrons. The summed E-state index contributed by atoms with van der Waals surface area (Å²) < 4.78 is 34.1. The second-order valence-corrected chi connectivity index (χ2v) is 5.52. The molecule has 0 aliphatic rings. The van der Waals surface area contributed by atoms with Gasteiger partial charge in [-0.25, -0.2) is 4.79 Å². The van der Waals surface area contributed by atoms with Crippen molar-refractivity contribution in [2.24, 2.45) is 0 Å². The minimum absolute atomic E-state index is 0.0938. The van der Waals surface area contributed by atoms with Crippen LogP contribution in [0.3, 0.4) is 0 Å². The van der Waals surface area contributed by atoms with Crippen LogP contribution in [0, 0.1) is 6.92 Å². The van der Waals surface area contributed by atoms with E-state index in [9.17, 15) is 18.4 Å². The second kappa shape index (κ2) is 7.94. The fourth-order valence-electron chi connectivity index (χ4n) is 2.02. The quantitative estimate of drug-likeness (QED) is 0.475. The number of hydrogen-bond acceptors (Lipinski definition) is 5. The molecule has 0 saturated heterocycles. The summed E-state index contributed by atoms with van der Waals surface area (Å²) in [6.07, 6.45) is 0. The lowest BCUT2D eigenvalue weighted by Gasteiger charge is -2.11. The summed E-state index contributed by atoms with van der Waals surface area (Å²) in [5.74, 6) is -1.74. The Balaban J connectivity index is 2.10. The number of carbonyl (C=O) groups excluding carboxylic acids is 2. The smallest absolute Gasteiger partial charge is 0.387 e. The summed E-state index contributed by atoms with van der Waals surface area (Å²) in [5, 5.41) is 0.279. The van der Waals surface area contributed by atoms with Crippen molar-refractivity contribution in [3.05, 3.63) is 58.1 Å². The third kappa shape index (κ3) is 4.90. The minimum Gasteiger partial charge on any atom is -0.454 e. The molecule has 0 spiro atoms. The number of anilines is 1. The minimum atomic E-state index is -3.08. The van der Waals surface area contributed by atoms with Crippen molar-refractivity contribution in [1.82, 2.24) is 0 Å². The van der Waals surface area contributed by atoms with Crippen molar-refractivity contribution in [1.29, 1.82) is 0 Å². The number of rotatable bonds is 6. The van der Waals surface area contributed by atoms with E-state index in [1.807, 2.05) is 0 Å². The summed E-state index contributed by atoms with van der Waals surface area (Å²) in [4.78, 5) is 24.2. The third-order valence-corrected chi connectivity index (χ3v) is 3.56. The highest BCUT2D eigenvalue weighted by Crippen LogP contribution is 2.23. The van der Waals surface area contributed by atoms with E-state index in [0.29, 0.717) is 5.56 Å². The predicted molar refractivity (Wildman–Crippen MR) is 88.3 cm³/mol. The summed E-state index contributed by atoms with van der Waals surface area (Å²) in [7, 11) is 0. The molecule has 0 amide bonds. The fraction of sp³-hybridized carbons (Fsp3) is 0.176. The zero-order chi connectivity index (χ0) is 18.6. The zero-order valence-corrected chi connectivity index (χ0v) is 13.8. The van der Waals surface area contributed by atoms with Gasteiger partial charge in [0.15, 0.2) is 6.61 Å². The monoisotopic (exact) mass is 369 g/mol. The molecule has 0 unspecified atom stereocenters. The number of carbonyl (C=O) groups is 2. The fourth-order valence-corrected chi connectivity index (χ4v) is 2.14. The van der Waals surface area contributed by atoms with E-state index < -0.39 is 25.0 Å². The Kier molecular flexibility index (Phi) is 5.93. The van der Waals surface area contributed by atoms with Crippen LogP contribution < -0.4 is 10.5 Å². The largest absolute Gasteiger partial charge is 0.454 e. The highest BCUT2D eigenvalue weighted by atomic mass is 35.5. The molecule has 5 nitrogen and oxygen atoms in total. The van der Waals surface area contributed by atoms with Gasteiger partial charge in [-0.2, -0.15) is 8.78 Å². The van der Waals surface area contributed by atoms with E-state index in [0.717, 1.165) is 0 Å². The Morgan fingerprint density at radius 1 is 1.20 bits per heavy atom. The van der Waals surface area contributed by atoms with Gasteiger partial charge in [-0.1, -0.05) is 23.2 Å². The molecule has 2 aromatic carbocycles. The summed E-state index contributed by atoms with van der Waals surface area (Å²) >= 11 is 5.76. The van der Waals surface area contributed by atoms with Gasteiger partial charge < -0.3 is 15.2 Å². The number of nitrogens with two attached hydrogens (primary N) is 1. The molecule has 0 saturated carbocycles. The Morgan fingerprint density at radius 2 is 1.92 bits per heavy atom. The van der Waals surface area contributed by atoms with Crippen LogP contribution in [-0.2, 0) is 4.74 Å². The maximum Gasteiger partial charge on any atom is 0.387 e. The number of nitrogen functional groups attached to an aromatic ring is 1. The van der Waals surface area contributed by atoms with Gasteiger partial charge in [-0.3, -0.25) is 4.79 Å². The van der Waals surface area contributed by atoms with Crippen LogP contribution in [-0.4, -0.2) is 25.0 Å². The summed E-state index contributed by atoms with van der Waals surface area (Å²) in [6.45, 7) is -2.02. The Morgan fingerprint density at radius 3 is 2.56 bits per heavy atom. The van der Waals surface area contributed by atoms with Gasteiger partial charge in [0.1, 0.15) is 5.75 Å². The lowest BCUT2D eigenvalue weighted by molar-refractivity contribution is -0.0502. The lowest BCUT2D eigenvalue weighted by atomic mass is 10.1. The number of esters is 1. The van der Waals surface area contributed by atoms with Crippen LogP contribution in [0.15, 0.2) is 36.4 Å². The van der Waals surface area contributed by atoms with Crippen molar-refractivity contribution in [3.63, 3.8) is 0 Å². The van der Waals surface area contributed by atoms with Crippen LogP contribution in [0.4, 0.5) is 14.5 Å². The van der Waals surface area contributed by atoms with Crippen molar-refractivity contribution in [2.45, 2.75) is 13.5 Å². The maximum atomic E-state index is 12.4. The first kappa shape index (κ1) is 18.7. The van der Waals surface area contributed by atoms with Gasteiger partial charge in [-0.05, 0) is 37.3 Å². The standard InChI is InChI=1S/C17H14ClF2NO4/c1-9-2-5-15(25-17(19)20)11(6-9)14(22)8-24-16(23)10-3-4-12(18)13(21)7-10/h2-7,17H,8,21H2,1H3. The van der Waals surface area contributed by atoms with Gasteiger partial charge >= 0.3 is 12.6 Å². The van der Waals surface area contributed by atoms with Crippen LogP contribution in [0.5, 0.6) is 5.75 Å². The molecule has 0 aromatic heterocycles. The van der Waals surface area contributed by atoms with Crippen LogP contribution in [0.1, 0.15) is 26.3 Å². The predicted octanol–water partition coefficient (Wildman–Crippen LogP) is 3.87. The first-order valence-electron chi connectivity index (χ1n) is 7.08. The van der Waals surface area contributed by atoms with E-state index in [1.165, 1.54) is 36.4 Å². The van der Waals surface area contributed by atoms with Crippen LogP contribution >= 0.6 is 11.6 Å². The first-order valence-corrected chi connectivity index (χ1v) is 7.46. The molecule has 0 aliphatic heterocycles. The molecule has 0 atom stereocenters. The first-order chi connectivity index (χ1) is 11.8. The SMILES string of the molecule is Cc1ccc(OC(F)F)c(C(=O)COC(=O)c2ccc(Cl)c(N)c2)c1. The second-order valence-electron chi connectivity index (χ2n) is 5.11. The number of halogens is 3.